The smallest absolute Gasteiger partial charge is 0.423 e. The third-order valence-electron chi connectivity index (χ3n) is 3.95. The summed E-state index contributed by atoms with van der Waals surface area (Å²) in [6.45, 7) is 0.214. The number of hydrogen-bond donors (Lipinski definition) is 2. The number of benzene rings is 2. The number of alkyl halides is 6. The van der Waals surface area contributed by atoms with Crippen molar-refractivity contribution in [2.75, 3.05) is 11.9 Å². The maximum atomic E-state index is 13.0. The van der Waals surface area contributed by atoms with Gasteiger partial charge in [0.1, 0.15) is 17.9 Å². The number of carbonyl (C=O) groups excluding carboxylic acids is 1. The molecule has 1 amide bonds. The first-order chi connectivity index (χ1) is 14.1. The summed E-state index contributed by atoms with van der Waals surface area (Å²) in [4.78, 5) is 21.7. The summed E-state index contributed by atoms with van der Waals surface area (Å²) < 4.78 is 81.7. The Morgan fingerprint density at radius 3 is 2.13 bits per heavy atom. The Kier molecular flexibility index (Phi) is 6.49. The van der Waals surface area contributed by atoms with E-state index in [4.69, 9.17) is 4.74 Å². The number of aliphatic hydroxyl groups is 1. The van der Waals surface area contributed by atoms with Crippen molar-refractivity contribution in [3.63, 3.8) is 0 Å². The number of nitro benzene ring substituents is 1. The Hall–Kier alpha value is -3.35. The average molecular weight is 452 g/mol. The molecule has 0 radical (unpaired) electrons. The van der Waals surface area contributed by atoms with Gasteiger partial charge in [0.15, 0.2) is 5.60 Å². The Labute approximate surface area is 170 Å². The summed E-state index contributed by atoms with van der Waals surface area (Å²) in [5.74, 6) is -1.31. The van der Waals surface area contributed by atoms with Gasteiger partial charge >= 0.3 is 12.4 Å². The fourth-order valence-corrected chi connectivity index (χ4v) is 2.30. The summed E-state index contributed by atoms with van der Waals surface area (Å²) in [5, 5.41) is 23.0. The molecule has 0 aliphatic heterocycles. The van der Waals surface area contributed by atoms with Crippen LogP contribution in [0.25, 0.3) is 0 Å². The summed E-state index contributed by atoms with van der Waals surface area (Å²) in [6, 6.07) is 5.09. The minimum Gasteiger partial charge on any atom is -0.490 e. The number of halogens is 6. The Bertz CT molecular complexity index is 971. The molecule has 7 nitrogen and oxygen atoms in total. The minimum absolute atomic E-state index is 0.101. The molecule has 2 rings (SSSR count). The van der Waals surface area contributed by atoms with Gasteiger partial charge < -0.3 is 15.2 Å². The molecular weight excluding hydrogens is 438 g/mol. The van der Waals surface area contributed by atoms with Crippen molar-refractivity contribution in [3.05, 3.63) is 63.7 Å². The first-order valence-electron chi connectivity index (χ1n) is 8.31. The van der Waals surface area contributed by atoms with Gasteiger partial charge in [-0.05, 0) is 43.3 Å². The molecule has 31 heavy (non-hydrogen) atoms. The molecular formula is C18H14F6N2O5. The van der Waals surface area contributed by atoms with Crippen LogP contribution in [0.5, 0.6) is 5.75 Å². The molecule has 0 spiro atoms. The highest BCUT2D eigenvalue weighted by Gasteiger charge is 2.39. The molecule has 0 aliphatic rings. The molecule has 1 unspecified atom stereocenters. The predicted octanol–water partition coefficient (Wildman–Crippen LogP) is 4.40. The van der Waals surface area contributed by atoms with Crippen LogP contribution in [0.4, 0.5) is 37.7 Å². The summed E-state index contributed by atoms with van der Waals surface area (Å²) in [6.07, 6.45) is -9.64. The fourth-order valence-electron chi connectivity index (χ4n) is 2.30. The van der Waals surface area contributed by atoms with Crippen molar-refractivity contribution < 1.29 is 45.9 Å². The van der Waals surface area contributed by atoms with E-state index in [1.54, 1.807) is 0 Å². The maximum absolute atomic E-state index is 13.0. The van der Waals surface area contributed by atoms with E-state index in [1.807, 2.05) is 5.32 Å². The molecule has 0 aliphatic carbocycles. The van der Waals surface area contributed by atoms with Gasteiger partial charge in [-0.25, -0.2) is 0 Å². The van der Waals surface area contributed by atoms with Crippen LogP contribution >= 0.6 is 0 Å². The van der Waals surface area contributed by atoms with Crippen molar-refractivity contribution >= 4 is 17.3 Å². The molecule has 2 aromatic rings. The van der Waals surface area contributed by atoms with Crippen LogP contribution in [0.1, 0.15) is 18.1 Å². The first kappa shape index (κ1) is 23.9. The molecule has 1 atom stereocenters. The molecule has 13 heteroatoms. The highest BCUT2D eigenvalue weighted by molar-refractivity contribution is 5.97. The van der Waals surface area contributed by atoms with E-state index in [2.05, 4.69) is 0 Å². The van der Waals surface area contributed by atoms with Crippen molar-refractivity contribution in [3.8, 4) is 5.75 Å². The van der Waals surface area contributed by atoms with Crippen LogP contribution < -0.4 is 10.1 Å². The second-order valence-electron chi connectivity index (χ2n) is 6.53. The van der Waals surface area contributed by atoms with Gasteiger partial charge in [-0.15, -0.1) is 0 Å². The van der Waals surface area contributed by atoms with E-state index in [0.717, 1.165) is 37.3 Å². The SMILES string of the molecule is CC(O)(COc1ccc(C(F)(F)F)cc1)C(=O)Nc1ccc([N+](=O)[O-])c(C(F)(F)F)c1. The quantitative estimate of drug-likeness (QED) is 0.384. The van der Waals surface area contributed by atoms with Gasteiger partial charge in [0.05, 0.1) is 10.5 Å². The molecule has 168 valence electrons. The lowest BCUT2D eigenvalue weighted by Crippen LogP contribution is -2.45. The van der Waals surface area contributed by atoms with E-state index < -0.39 is 57.9 Å². The number of nitrogens with one attached hydrogen (secondary N) is 1. The number of amides is 1. The lowest BCUT2D eigenvalue weighted by Gasteiger charge is -2.23. The standard InChI is InChI=1S/C18H14F6N2O5/c1-16(28,9-31-12-5-2-10(3-6-12)17(19,20)21)15(27)25-11-4-7-14(26(29)30)13(8-11)18(22,23)24/h2-8,28H,9H2,1H3,(H,25,27). The number of ether oxygens (including phenoxy) is 1. The third-order valence-corrected chi connectivity index (χ3v) is 3.95. The van der Waals surface area contributed by atoms with Crippen molar-refractivity contribution in [2.24, 2.45) is 0 Å². The number of rotatable bonds is 6. The maximum Gasteiger partial charge on any atom is 0.423 e. The molecule has 0 saturated heterocycles. The van der Waals surface area contributed by atoms with Gasteiger partial charge in [-0.2, -0.15) is 26.3 Å². The predicted molar refractivity (Wildman–Crippen MR) is 94.3 cm³/mol. The van der Waals surface area contributed by atoms with Crippen LogP contribution in [0, 0.1) is 10.1 Å². The Morgan fingerprint density at radius 1 is 1.06 bits per heavy atom. The van der Waals surface area contributed by atoms with Gasteiger partial charge in [-0.1, -0.05) is 0 Å². The molecule has 2 N–H and O–H groups in total. The van der Waals surface area contributed by atoms with Crippen LogP contribution in [-0.2, 0) is 17.1 Å². The van der Waals surface area contributed by atoms with Crippen LogP contribution in [-0.4, -0.2) is 28.1 Å². The number of carbonyl (C=O) groups is 1. The molecule has 0 saturated carbocycles. The number of nitrogens with zero attached hydrogens (tertiary/aromatic N) is 1. The zero-order chi connectivity index (χ0) is 23.6. The molecule has 2 aromatic carbocycles. The third kappa shape index (κ3) is 6.07. The topological polar surface area (TPSA) is 102 Å². The lowest BCUT2D eigenvalue weighted by molar-refractivity contribution is -0.388. The first-order valence-corrected chi connectivity index (χ1v) is 8.31. The van der Waals surface area contributed by atoms with Crippen LogP contribution in [0.2, 0.25) is 0 Å². The van der Waals surface area contributed by atoms with Crippen LogP contribution in [0.3, 0.4) is 0 Å². The van der Waals surface area contributed by atoms with Gasteiger partial charge in [0.25, 0.3) is 11.6 Å². The Morgan fingerprint density at radius 2 is 1.65 bits per heavy atom. The fraction of sp³-hybridized carbons (Fsp3) is 0.278. The van der Waals surface area contributed by atoms with E-state index in [9.17, 15) is 46.4 Å². The van der Waals surface area contributed by atoms with Crippen molar-refractivity contribution in [2.45, 2.75) is 24.9 Å². The van der Waals surface area contributed by atoms with E-state index in [-0.39, 0.29) is 5.75 Å². The second-order valence-corrected chi connectivity index (χ2v) is 6.53. The molecule has 0 bridgehead atoms. The van der Waals surface area contributed by atoms with E-state index >= 15 is 0 Å². The summed E-state index contributed by atoms with van der Waals surface area (Å²) >= 11 is 0. The zero-order valence-corrected chi connectivity index (χ0v) is 15.5. The van der Waals surface area contributed by atoms with Crippen molar-refractivity contribution in [1.29, 1.82) is 0 Å². The highest BCUT2D eigenvalue weighted by atomic mass is 19.4. The molecule has 0 heterocycles. The summed E-state index contributed by atoms with van der Waals surface area (Å²) in [5.41, 5.74) is -6.54. The summed E-state index contributed by atoms with van der Waals surface area (Å²) in [7, 11) is 0. The minimum atomic E-state index is -5.07. The lowest BCUT2D eigenvalue weighted by atomic mass is 10.1. The Balaban J connectivity index is 2.11. The zero-order valence-electron chi connectivity index (χ0n) is 15.5. The number of nitro groups is 1. The molecule has 0 fully saturated rings. The van der Waals surface area contributed by atoms with Gasteiger partial charge in [0, 0.05) is 11.8 Å². The van der Waals surface area contributed by atoms with Gasteiger partial charge in [0.2, 0.25) is 0 Å². The van der Waals surface area contributed by atoms with E-state index in [0.29, 0.717) is 12.1 Å². The number of hydrogen-bond acceptors (Lipinski definition) is 5. The second kappa shape index (κ2) is 8.41. The normalized spacial score (nSPS) is 13.9. The molecule has 0 aromatic heterocycles. The number of anilines is 1. The van der Waals surface area contributed by atoms with E-state index in [1.165, 1.54) is 0 Å². The monoisotopic (exact) mass is 452 g/mol. The van der Waals surface area contributed by atoms with Crippen molar-refractivity contribution in [1.82, 2.24) is 0 Å². The van der Waals surface area contributed by atoms with Gasteiger partial charge in [-0.3, -0.25) is 14.9 Å². The van der Waals surface area contributed by atoms with Crippen LogP contribution in [0.15, 0.2) is 42.5 Å². The average Bonchev–Trinajstić information content (AvgIpc) is 2.65. The highest BCUT2D eigenvalue weighted by Crippen LogP contribution is 2.37. The largest absolute Gasteiger partial charge is 0.490 e.